The average molecular weight is 300 g/mol. The quantitative estimate of drug-likeness (QED) is 0.849. The van der Waals surface area contributed by atoms with Crippen LogP contribution in [0.1, 0.15) is 19.4 Å². The third-order valence-electron chi connectivity index (χ3n) is 2.31. The molecule has 3 nitrogen and oxygen atoms in total. The Kier molecular flexibility index (Phi) is 5.00. The number of amides is 1. The smallest absolute Gasteiger partial charge is 0.224 e. The van der Waals surface area contributed by atoms with E-state index in [2.05, 4.69) is 21.2 Å². The molecule has 0 saturated heterocycles. The van der Waals surface area contributed by atoms with E-state index >= 15 is 0 Å². The van der Waals surface area contributed by atoms with Gasteiger partial charge in [0, 0.05) is 10.9 Å². The number of alkyl halides is 1. The Morgan fingerprint density at radius 2 is 2.18 bits per heavy atom. The average Bonchev–Trinajstić information content (AvgIpc) is 2.28. The number of benzene rings is 1. The number of halogens is 1. The Balaban J connectivity index is 2.62. The summed E-state index contributed by atoms with van der Waals surface area (Å²) in [6.07, 6.45) is 0.369. The molecule has 0 aliphatic rings. The van der Waals surface area contributed by atoms with E-state index in [9.17, 15) is 4.79 Å². The molecule has 0 fully saturated rings. The number of hydrogen-bond acceptors (Lipinski definition) is 2. The van der Waals surface area contributed by atoms with Gasteiger partial charge in [-0.05, 0) is 31.5 Å². The highest BCUT2D eigenvalue weighted by atomic mass is 79.9. The monoisotopic (exact) mass is 299 g/mol. The highest BCUT2D eigenvalue weighted by Gasteiger charge is 2.18. The van der Waals surface area contributed by atoms with E-state index in [1.807, 2.05) is 38.1 Å². The van der Waals surface area contributed by atoms with Gasteiger partial charge in [-0.2, -0.15) is 0 Å². The number of hydrogen-bond donors (Lipinski definition) is 1. The number of carbonyl (C=O) groups excluding carboxylic acids is 1. The van der Waals surface area contributed by atoms with Crippen molar-refractivity contribution in [1.82, 2.24) is 5.32 Å². The van der Waals surface area contributed by atoms with Crippen molar-refractivity contribution in [2.45, 2.75) is 25.8 Å². The van der Waals surface area contributed by atoms with Gasteiger partial charge in [0.15, 0.2) is 0 Å². The lowest BCUT2D eigenvalue weighted by Gasteiger charge is -2.23. The molecule has 1 aromatic rings. The fourth-order valence-corrected chi connectivity index (χ4v) is 1.56. The second kappa shape index (κ2) is 6.05. The second-order valence-corrected chi connectivity index (χ2v) is 5.15. The standard InChI is InChI=1S/C13H18BrNO2/c1-13(2,9-14)15-12(16)8-10-5-4-6-11(7-10)17-3/h4-7H,8-9H2,1-3H3,(H,15,16). The van der Waals surface area contributed by atoms with Gasteiger partial charge in [0.2, 0.25) is 5.91 Å². The summed E-state index contributed by atoms with van der Waals surface area (Å²) in [5, 5.41) is 3.69. The van der Waals surface area contributed by atoms with Crippen LogP contribution in [0.25, 0.3) is 0 Å². The van der Waals surface area contributed by atoms with Crippen LogP contribution in [0.15, 0.2) is 24.3 Å². The molecule has 0 aliphatic carbocycles. The molecule has 0 saturated carbocycles. The van der Waals surface area contributed by atoms with Crippen molar-refractivity contribution in [3.63, 3.8) is 0 Å². The first-order chi connectivity index (χ1) is 7.96. The fourth-order valence-electron chi connectivity index (χ4n) is 1.42. The molecule has 1 N–H and O–H groups in total. The van der Waals surface area contributed by atoms with Crippen LogP contribution in [0.3, 0.4) is 0 Å². The van der Waals surface area contributed by atoms with Crippen LogP contribution < -0.4 is 10.1 Å². The van der Waals surface area contributed by atoms with Crippen LogP contribution in [0.4, 0.5) is 0 Å². The Bertz CT molecular complexity index is 391. The lowest BCUT2D eigenvalue weighted by atomic mass is 10.1. The number of ether oxygens (including phenoxy) is 1. The lowest BCUT2D eigenvalue weighted by Crippen LogP contribution is -2.45. The summed E-state index contributed by atoms with van der Waals surface area (Å²) in [6.45, 7) is 3.95. The molecule has 1 aromatic carbocycles. The zero-order valence-corrected chi connectivity index (χ0v) is 12.0. The Labute approximate surface area is 111 Å². The van der Waals surface area contributed by atoms with Crippen LogP contribution in [0.5, 0.6) is 5.75 Å². The largest absolute Gasteiger partial charge is 0.497 e. The molecule has 0 unspecified atom stereocenters. The molecule has 0 radical (unpaired) electrons. The molecule has 94 valence electrons. The van der Waals surface area contributed by atoms with Gasteiger partial charge >= 0.3 is 0 Å². The molecular formula is C13H18BrNO2. The molecule has 1 amide bonds. The summed E-state index contributed by atoms with van der Waals surface area (Å²) in [5.41, 5.74) is 0.725. The van der Waals surface area contributed by atoms with E-state index in [1.54, 1.807) is 7.11 Å². The van der Waals surface area contributed by atoms with Gasteiger partial charge in [-0.15, -0.1) is 0 Å². The van der Waals surface area contributed by atoms with Crippen molar-refractivity contribution in [2.75, 3.05) is 12.4 Å². The first kappa shape index (κ1) is 14.0. The van der Waals surface area contributed by atoms with Crippen molar-refractivity contribution in [3.05, 3.63) is 29.8 Å². The molecule has 17 heavy (non-hydrogen) atoms. The minimum atomic E-state index is -0.226. The first-order valence-electron chi connectivity index (χ1n) is 5.47. The van der Waals surface area contributed by atoms with E-state index < -0.39 is 0 Å². The summed E-state index contributed by atoms with van der Waals surface area (Å²) in [5.74, 6) is 0.790. The highest BCUT2D eigenvalue weighted by molar-refractivity contribution is 9.09. The van der Waals surface area contributed by atoms with E-state index in [4.69, 9.17) is 4.74 Å². The maximum atomic E-state index is 11.8. The number of methoxy groups -OCH3 is 1. The number of nitrogens with one attached hydrogen (secondary N) is 1. The molecule has 0 spiro atoms. The Hall–Kier alpha value is -1.03. The molecule has 0 aliphatic heterocycles. The van der Waals surface area contributed by atoms with E-state index in [1.165, 1.54) is 0 Å². The topological polar surface area (TPSA) is 38.3 Å². The van der Waals surface area contributed by atoms with E-state index in [0.29, 0.717) is 6.42 Å². The zero-order valence-electron chi connectivity index (χ0n) is 10.4. The minimum absolute atomic E-state index is 0.0164. The Morgan fingerprint density at radius 1 is 1.47 bits per heavy atom. The molecule has 1 rings (SSSR count). The van der Waals surface area contributed by atoms with Gasteiger partial charge in [-0.1, -0.05) is 28.1 Å². The predicted octanol–water partition coefficient (Wildman–Crippen LogP) is 2.53. The van der Waals surface area contributed by atoms with Crippen LogP contribution in [-0.4, -0.2) is 23.9 Å². The van der Waals surface area contributed by atoms with Crippen LogP contribution in [0.2, 0.25) is 0 Å². The van der Waals surface area contributed by atoms with Gasteiger partial charge in [0.05, 0.1) is 13.5 Å². The first-order valence-corrected chi connectivity index (χ1v) is 6.59. The molecule has 0 atom stereocenters. The lowest BCUT2D eigenvalue weighted by molar-refractivity contribution is -0.121. The van der Waals surface area contributed by atoms with Crippen molar-refractivity contribution in [3.8, 4) is 5.75 Å². The van der Waals surface area contributed by atoms with E-state index in [0.717, 1.165) is 16.6 Å². The highest BCUT2D eigenvalue weighted by Crippen LogP contribution is 2.13. The van der Waals surface area contributed by atoms with E-state index in [-0.39, 0.29) is 11.4 Å². The zero-order chi connectivity index (χ0) is 12.9. The van der Waals surface area contributed by atoms with Crippen LogP contribution in [0, 0.1) is 0 Å². The number of carbonyl (C=O) groups is 1. The summed E-state index contributed by atoms with van der Waals surface area (Å²) >= 11 is 3.37. The van der Waals surface area contributed by atoms with Crippen molar-refractivity contribution >= 4 is 21.8 Å². The SMILES string of the molecule is COc1cccc(CC(=O)NC(C)(C)CBr)c1. The molecule has 0 aromatic heterocycles. The molecule has 0 heterocycles. The van der Waals surface area contributed by atoms with Gasteiger partial charge in [0.25, 0.3) is 0 Å². The van der Waals surface area contributed by atoms with Gasteiger partial charge < -0.3 is 10.1 Å². The predicted molar refractivity (Wildman–Crippen MR) is 72.7 cm³/mol. The summed E-state index contributed by atoms with van der Waals surface area (Å²) in [4.78, 5) is 11.8. The minimum Gasteiger partial charge on any atom is -0.497 e. The molecule has 4 heteroatoms. The fraction of sp³-hybridized carbons (Fsp3) is 0.462. The van der Waals surface area contributed by atoms with Gasteiger partial charge in [-0.25, -0.2) is 0 Å². The van der Waals surface area contributed by atoms with Crippen molar-refractivity contribution < 1.29 is 9.53 Å². The normalized spacial score (nSPS) is 11.1. The van der Waals surface area contributed by atoms with Crippen molar-refractivity contribution in [1.29, 1.82) is 0 Å². The maximum Gasteiger partial charge on any atom is 0.224 e. The van der Waals surface area contributed by atoms with Crippen LogP contribution >= 0.6 is 15.9 Å². The van der Waals surface area contributed by atoms with Crippen molar-refractivity contribution in [2.24, 2.45) is 0 Å². The third kappa shape index (κ3) is 4.77. The van der Waals surface area contributed by atoms with Crippen LogP contribution in [-0.2, 0) is 11.2 Å². The second-order valence-electron chi connectivity index (χ2n) is 4.59. The Morgan fingerprint density at radius 3 is 2.76 bits per heavy atom. The molecule has 0 bridgehead atoms. The summed E-state index contributed by atoms with van der Waals surface area (Å²) in [7, 11) is 1.62. The molecular weight excluding hydrogens is 282 g/mol. The summed E-state index contributed by atoms with van der Waals surface area (Å²) in [6, 6.07) is 7.55. The number of rotatable bonds is 5. The van der Waals surface area contributed by atoms with Gasteiger partial charge in [-0.3, -0.25) is 4.79 Å². The van der Waals surface area contributed by atoms with Gasteiger partial charge in [0.1, 0.15) is 5.75 Å². The maximum absolute atomic E-state index is 11.8. The summed E-state index contributed by atoms with van der Waals surface area (Å²) < 4.78 is 5.12. The third-order valence-corrected chi connectivity index (χ3v) is 3.71.